The van der Waals surface area contributed by atoms with Crippen LogP contribution in [0.1, 0.15) is 24.1 Å². The second kappa shape index (κ2) is 6.11. The molecule has 5 heteroatoms. The van der Waals surface area contributed by atoms with Gasteiger partial charge in [-0.05, 0) is 56.6 Å². The summed E-state index contributed by atoms with van der Waals surface area (Å²) in [4.78, 5) is 4.38. The number of ether oxygens (including phenoxy) is 1. The third kappa shape index (κ3) is 3.92. The number of rotatable bonds is 3. The van der Waals surface area contributed by atoms with E-state index >= 15 is 0 Å². The molecule has 1 aromatic heterocycles. The van der Waals surface area contributed by atoms with Crippen LogP contribution < -0.4 is 10.6 Å². The Kier molecular flexibility index (Phi) is 4.49. The summed E-state index contributed by atoms with van der Waals surface area (Å²) in [5.74, 6) is 0.789. The van der Waals surface area contributed by atoms with Crippen LogP contribution in [0, 0.1) is 13.8 Å². The largest absolute Gasteiger partial charge is 0.376 e. The lowest BCUT2D eigenvalue weighted by molar-refractivity contribution is 0.114. The van der Waals surface area contributed by atoms with Gasteiger partial charge in [-0.15, -0.1) is 0 Å². The minimum Gasteiger partial charge on any atom is -0.376 e. The van der Waals surface area contributed by atoms with Crippen molar-refractivity contribution in [3.05, 3.63) is 23.4 Å². The first-order valence-electron chi connectivity index (χ1n) is 6.25. The Balaban J connectivity index is 1.82. The van der Waals surface area contributed by atoms with Gasteiger partial charge in [-0.3, -0.25) is 0 Å². The van der Waals surface area contributed by atoms with Crippen molar-refractivity contribution in [2.24, 2.45) is 0 Å². The Morgan fingerprint density at radius 1 is 1.50 bits per heavy atom. The minimum atomic E-state index is 0.289. The van der Waals surface area contributed by atoms with Gasteiger partial charge in [0.1, 0.15) is 5.82 Å². The summed E-state index contributed by atoms with van der Waals surface area (Å²) in [7, 11) is 0. The second-order valence-electron chi connectivity index (χ2n) is 4.64. The van der Waals surface area contributed by atoms with Gasteiger partial charge in [-0.2, -0.15) is 0 Å². The molecule has 0 unspecified atom stereocenters. The number of anilines is 1. The maximum atomic E-state index is 5.53. The predicted octanol–water partition coefficient (Wildman–Crippen LogP) is 2.16. The quantitative estimate of drug-likeness (QED) is 0.820. The molecule has 98 valence electrons. The Labute approximate surface area is 113 Å². The number of thiocarbonyl (C=S) groups is 1. The molecule has 1 aromatic rings. The Morgan fingerprint density at radius 2 is 2.33 bits per heavy atom. The summed E-state index contributed by atoms with van der Waals surface area (Å²) in [5.41, 5.74) is 2.16. The molecule has 18 heavy (non-hydrogen) atoms. The van der Waals surface area contributed by atoms with Crippen LogP contribution in [0.5, 0.6) is 0 Å². The molecule has 0 bridgehead atoms. The molecule has 0 spiro atoms. The zero-order valence-corrected chi connectivity index (χ0v) is 11.6. The molecule has 1 saturated heterocycles. The van der Waals surface area contributed by atoms with Crippen molar-refractivity contribution >= 4 is 23.1 Å². The van der Waals surface area contributed by atoms with Crippen molar-refractivity contribution in [3.63, 3.8) is 0 Å². The molecule has 0 amide bonds. The number of aryl methyl sites for hydroxylation is 2. The van der Waals surface area contributed by atoms with Gasteiger partial charge in [0.25, 0.3) is 0 Å². The molecule has 4 nitrogen and oxygen atoms in total. The molecule has 0 aliphatic carbocycles. The Hall–Kier alpha value is -1.20. The van der Waals surface area contributed by atoms with Crippen LogP contribution in [0.25, 0.3) is 0 Å². The van der Waals surface area contributed by atoms with E-state index < -0.39 is 0 Å². The zero-order valence-electron chi connectivity index (χ0n) is 10.8. The van der Waals surface area contributed by atoms with Crippen LogP contribution in [0.3, 0.4) is 0 Å². The van der Waals surface area contributed by atoms with E-state index in [9.17, 15) is 0 Å². The topological polar surface area (TPSA) is 46.2 Å². The van der Waals surface area contributed by atoms with Gasteiger partial charge in [0.2, 0.25) is 0 Å². The van der Waals surface area contributed by atoms with Crippen molar-refractivity contribution in [1.29, 1.82) is 0 Å². The highest BCUT2D eigenvalue weighted by Crippen LogP contribution is 2.11. The molecular formula is C13H19N3OS. The molecule has 1 aliphatic heterocycles. The van der Waals surface area contributed by atoms with Gasteiger partial charge >= 0.3 is 0 Å². The first-order valence-corrected chi connectivity index (χ1v) is 6.66. The predicted molar refractivity (Wildman–Crippen MR) is 76.9 cm³/mol. The number of hydrogen-bond donors (Lipinski definition) is 2. The maximum Gasteiger partial charge on any atom is 0.172 e. The number of aromatic nitrogens is 1. The van der Waals surface area contributed by atoms with E-state index in [4.69, 9.17) is 17.0 Å². The zero-order chi connectivity index (χ0) is 13.0. The number of hydrogen-bond acceptors (Lipinski definition) is 3. The van der Waals surface area contributed by atoms with Gasteiger partial charge in [-0.1, -0.05) is 0 Å². The third-order valence-electron chi connectivity index (χ3n) is 2.85. The van der Waals surface area contributed by atoms with Crippen LogP contribution >= 0.6 is 12.2 Å². The average Bonchev–Trinajstić information content (AvgIpc) is 2.77. The smallest absolute Gasteiger partial charge is 0.172 e. The molecular weight excluding hydrogens is 246 g/mol. The number of nitrogens with zero attached hydrogens (tertiary/aromatic N) is 1. The highest BCUT2D eigenvalue weighted by atomic mass is 32.1. The van der Waals surface area contributed by atoms with Crippen LogP contribution in [0.4, 0.5) is 5.82 Å². The van der Waals surface area contributed by atoms with E-state index in [0.29, 0.717) is 5.11 Å². The fourth-order valence-electron chi connectivity index (χ4n) is 2.08. The molecule has 0 radical (unpaired) electrons. The van der Waals surface area contributed by atoms with Gasteiger partial charge in [0.05, 0.1) is 6.10 Å². The molecule has 2 heterocycles. The van der Waals surface area contributed by atoms with Crippen molar-refractivity contribution < 1.29 is 4.74 Å². The van der Waals surface area contributed by atoms with Crippen molar-refractivity contribution in [2.45, 2.75) is 32.8 Å². The van der Waals surface area contributed by atoms with E-state index in [2.05, 4.69) is 15.6 Å². The molecule has 1 fully saturated rings. The summed E-state index contributed by atoms with van der Waals surface area (Å²) in [6.45, 7) is 5.64. The lowest BCUT2D eigenvalue weighted by atomic mass is 10.2. The summed E-state index contributed by atoms with van der Waals surface area (Å²) in [5, 5.41) is 6.87. The first-order chi connectivity index (χ1) is 8.63. The van der Waals surface area contributed by atoms with Crippen molar-refractivity contribution in [2.75, 3.05) is 18.5 Å². The normalized spacial score (nSPS) is 18.7. The van der Waals surface area contributed by atoms with Gasteiger partial charge in [-0.25, -0.2) is 4.98 Å². The molecule has 0 aromatic carbocycles. The van der Waals surface area contributed by atoms with E-state index in [1.54, 1.807) is 0 Å². The van der Waals surface area contributed by atoms with Crippen molar-refractivity contribution in [1.82, 2.24) is 10.3 Å². The van der Waals surface area contributed by atoms with E-state index in [0.717, 1.165) is 37.5 Å². The number of nitrogens with one attached hydrogen (secondary N) is 2. The summed E-state index contributed by atoms with van der Waals surface area (Å²) >= 11 is 5.24. The van der Waals surface area contributed by atoms with Gasteiger partial charge in [0.15, 0.2) is 5.11 Å². The second-order valence-corrected chi connectivity index (χ2v) is 5.05. The molecule has 1 aliphatic rings. The summed E-state index contributed by atoms with van der Waals surface area (Å²) < 4.78 is 5.53. The lowest BCUT2D eigenvalue weighted by Crippen LogP contribution is -2.35. The fraction of sp³-hybridized carbons (Fsp3) is 0.538. The molecule has 2 rings (SSSR count). The molecule has 2 N–H and O–H groups in total. The highest BCUT2D eigenvalue weighted by molar-refractivity contribution is 7.80. The monoisotopic (exact) mass is 265 g/mol. The maximum absolute atomic E-state index is 5.53. The van der Waals surface area contributed by atoms with Crippen LogP contribution in [-0.4, -0.2) is 29.4 Å². The molecule has 1 atom stereocenters. The van der Waals surface area contributed by atoms with E-state index in [-0.39, 0.29) is 6.10 Å². The SMILES string of the molecule is Cc1cc(C)nc(NC(=S)NC[C@@H]2CCCO2)c1. The first kappa shape index (κ1) is 13.2. The third-order valence-corrected chi connectivity index (χ3v) is 3.10. The fourth-order valence-corrected chi connectivity index (χ4v) is 2.27. The van der Waals surface area contributed by atoms with Crippen LogP contribution in [0.15, 0.2) is 12.1 Å². The van der Waals surface area contributed by atoms with E-state index in [1.165, 1.54) is 5.56 Å². The minimum absolute atomic E-state index is 0.289. The standard InChI is InChI=1S/C13H19N3OS/c1-9-6-10(2)15-12(7-9)16-13(18)14-8-11-4-3-5-17-11/h6-7,11H,3-5,8H2,1-2H3,(H2,14,15,16,18)/t11-/m0/s1. The van der Waals surface area contributed by atoms with Gasteiger partial charge in [0, 0.05) is 18.8 Å². The van der Waals surface area contributed by atoms with Crippen LogP contribution in [-0.2, 0) is 4.74 Å². The Morgan fingerprint density at radius 3 is 3.00 bits per heavy atom. The molecule has 0 saturated carbocycles. The van der Waals surface area contributed by atoms with Crippen molar-refractivity contribution in [3.8, 4) is 0 Å². The van der Waals surface area contributed by atoms with E-state index in [1.807, 2.05) is 26.0 Å². The summed E-state index contributed by atoms with van der Waals surface area (Å²) in [6, 6.07) is 4.01. The average molecular weight is 265 g/mol. The number of pyridine rings is 1. The lowest BCUT2D eigenvalue weighted by Gasteiger charge is -2.14. The summed E-state index contributed by atoms with van der Waals surface area (Å²) in [6.07, 6.45) is 2.54. The van der Waals surface area contributed by atoms with Crippen LogP contribution in [0.2, 0.25) is 0 Å². The highest BCUT2D eigenvalue weighted by Gasteiger charge is 2.15. The Bertz CT molecular complexity index is 410. The van der Waals surface area contributed by atoms with Gasteiger partial charge < -0.3 is 15.4 Å².